The monoisotopic (exact) mass is 289 g/mol. The van der Waals surface area contributed by atoms with E-state index < -0.39 is 0 Å². The van der Waals surface area contributed by atoms with E-state index in [9.17, 15) is 0 Å². The fourth-order valence-electron chi connectivity index (χ4n) is 3.75. The minimum absolute atomic E-state index is 0.274. The van der Waals surface area contributed by atoms with Crippen molar-refractivity contribution in [3.8, 4) is 5.75 Å². The quantitative estimate of drug-likeness (QED) is 0.842. The van der Waals surface area contributed by atoms with Gasteiger partial charge in [-0.15, -0.1) is 0 Å². The molecule has 0 aliphatic heterocycles. The normalized spacial score (nSPS) is 25.5. The Hall–Kier alpha value is -1.02. The molecule has 1 aromatic rings. The standard InChI is InChI=1S/C19H31NO/c1-14(2)12-20-13-19(10-6-7-16(19)4)17-9-8-15(3)18(11-17)21-5/h8-9,11,14,16,20H,6-7,10,12-13H2,1-5H3. The van der Waals surface area contributed by atoms with Gasteiger partial charge in [-0.3, -0.25) is 0 Å². The van der Waals surface area contributed by atoms with Crippen LogP contribution in [0.1, 0.15) is 51.2 Å². The average Bonchev–Trinajstić information content (AvgIpc) is 2.81. The molecule has 1 saturated carbocycles. The lowest BCUT2D eigenvalue weighted by Crippen LogP contribution is -2.41. The SMILES string of the molecule is COc1cc(C2(CNCC(C)C)CCCC2C)ccc1C. The summed E-state index contributed by atoms with van der Waals surface area (Å²) in [7, 11) is 1.77. The molecule has 2 unspecified atom stereocenters. The van der Waals surface area contributed by atoms with Gasteiger partial charge in [0.2, 0.25) is 0 Å². The van der Waals surface area contributed by atoms with Crippen LogP contribution in [-0.4, -0.2) is 20.2 Å². The van der Waals surface area contributed by atoms with Crippen molar-refractivity contribution in [3.05, 3.63) is 29.3 Å². The Morgan fingerprint density at radius 2 is 2.14 bits per heavy atom. The number of ether oxygens (including phenoxy) is 1. The first-order chi connectivity index (χ1) is 9.99. The second-order valence-corrected chi connectivity index (χ2v) is 7.16. The summed E-state index contributed by atoms with van der Waals surface area (Å²) >= 11 is 0. The Morgan fingerprint density at radius 3 is 2.71 bits per heavy atom. The number of hydrogen-bond acceptors (Lipinski definition) is 2. The zero-order valence-electron chi connectivity index (χ0n) is 14.3. The van der Waals surface area contributed by atoms with Gasteiger partial charge in [-0.1, -0.05) is 39.3 Å². The number of hydrogen-bond donors (Lipinski definition) is 1. The third kappa shape index (κ3) is 3.42. The van der Waals surface area contributed by atoms with Gasteiger partial charge in [-0.2, -0.15) is 0 Å². The first-order valence-corrected chi connectivity index (χ1v) is 8.35. The van der Waals surface area contributed by atoms with Gasteiger partial charge in [0.05, 0.1) is 7.11 Å². The van der Waals surface area contributed by atoms with E-state index in [1.807, 2.05) is 0 Å². The first-order valence-electron chi connectivity index (χ1n) is 8.35. The second-order valence-electron chi connectivity index (χ2n) is 7.16. The topological polar surface area (TPSA) is 21.3 Å². The smallest absolute Gasteiger partial charge is 0.122 e. The maximum absolute atomic E-state index is 5.55. The number of aryl methyl sites for hydroxylation is 1. The molecule has 118 valence electrons. The molecule has 0 heterocycles. The van der Waals surface area contributed by atoms with Crippen molar-refractivity contribution >= 4 is 0 Å². The molecule has 0 spiro atoms. The van der Waals surface area contributed by atoms with Crippen molar-refractivity contribution in [2.75, 3.05) is 20.2 Å². The summed E-state index contributed by atoms with van der Waals surface area (Å²) in [5.41, 5.74) is 2.94. The van der Waals surface area contributed by atoms with Crippen LogP contribution in [0.15, 0.2) is 18.2 Å². The van der Waals surface area contributed by atoms with E-state index in [4.69, 9.17) is 4.74 Å². The highest BCUT2D eigenvalue weighted by molar-refractivity contribution is 5.41. The molecule has 2 nitrogen and oxygen atoms in total. The Labute approximate surface area is 130 Å². The molecule has 1 fully saturated rings. The highest BCUT2D eigenvalue weighted by atomic mass is 16.5. The lowest BCUT2D eigenvalue weighted by molar-refractivity contribution is 0.310. The molecule has 2 heteroatoms. The fourth-order valence-corrected chi connectivity index (χ4v) is 3.75. The van der Waals surface area contributed by atoms with E-state index in [0.717, 1.165) is 24.8 Å². The molecular formula is C19H31NO. The molecule has 1 N–H and O–H groups in total. The second kappa shape index (κ2) is 6.83. The van der Waals surface area contributed by atoms with Crippen molar-refractivity contribution in [2.24, 2.45) is 11.8 Å². The molecule has 21 heavy (non-hydrogen) atoms. The highest BCUT2D eigenvalue weighted by Crippen LogP contribution is 2.46. The van der Waals surface area contributed by atoms with E-state index in [1.165, 1.54) is 30.4 Å². The van der Waals surface area contributed by atoms with Crippen LogP contribution in [0.3, 0.4) is 0 Å². The van der Waals surface area contributed by atoms with E-state index in [0.29, 0.717) is 5.92 Å². The zero-order chi connectivity index (χ0) is 15.5. The maximum Gasteiger partial charge on any atom is 0.122 e. The van der Waals surface area contributed by atoms with Gasteiger partial charge in [-0.25, -0.2) is 0 Å². The van der Waals surface area contributed by atoms with Crippen molar-refractivity contribution in [1.82, 2.24) is 5.32 Å². The summed E-state index contributed by atoms with van der Waals surface area (Å²) in [6, 6.07) is 6.80. The molecule has 1 aliphatic carbocycles. The van der Waals surface area contributed by atoms with E-state index in [2.05, 4.69) is 51.2 Å². The molecule has 2 rings (SSSR count). The van der Waals surface area contributed by atoms with Crippen LogP contribution in [0.2, 0.25) is 0 Å². The predicted octanol–water partition coefficient (Wildman–Crippen LogP) is 4.31. The van der Waals surface area contributed by atoms with Crippen LogP contribution >= 0.6 is 0 Å². The third-order valence-corrected chi connectivity index (χ3v) is 5.18. The summed E-state index contributed by atoms with van der Waals surface area (Å²) < 4.78 is 5.55. The molecule has 2 atom stereocenters. The van der Waals surface area contributed by atoms with Crippen LogP contribution in [-0.2, 0) is 5.41 Å². The number of benzene rings is 1. The van der Waals surface area contributed by atoms with Gasteiger partial charge in [0.15, 0.2) is 0 Å². The van der Waals surface area contributed by atoms with Crippen molar-refractivity contribution in [2.45, 2.75) is 52.4 Å². The molecule has 0 amide bonds. The van der Waals surface area contributed by atoms with Gasteiger partial charge in [0, 0.05) is 12.0 Å². The van der Waals surface area contributed by atoms with Crippen molar-refractivity contribution in [3.63, 3.8) is 0 Å². The number of rotatable bonds is 6. The lowest BCUT2D eigenvalue weighted by Gasteiger charge is -2.35. The molecule has 1 aliphatic rings. The van der Waals surface area contributed by atoms with Gasteiger partial charge in [0.25, 0.3) is 0 Å². The molecule has 0 saturated heterocycles. The largest absolute Gasteiger partial charge is 0.496 e. The Morgan fingerprint density at radius 1 is 1.38 bits per heavy atom. The molecule has 0 bridgehead atoms. The van der Waals surface area contributed by atoms with E-state index in [-0.39, 0.29) is 5.41 Å². The van der Waals surface area contributed by atoms with Crippen LogP contribution in [0.25, 0.3) is 0 Å². The molecule has 1 aromatic carbocycles. The summed E-state index contributed by atoms with van der Waals surface area (Å²) in [5.74, 6) is 2.45. The van der Waals surface area contributed by atoms with Crippen molar-refractivity contribution in [1.29, 1.82) is 0 Å². The summed E-state index contributed by atoms with van der Waals surface area (Å²) in [4.78, 5) is 0. The molecule has 0 radical (unpaired) electrons. The highest BCUT2D eigenvalue weighted by Gasteiger charge is 2.41. The third-order valence-electron chi connectivity index (χ3n) is 5.18. The van der Waals surface area contributed by atoms with Gasteiger partial charge in [0.1, 0.15) is 5.75 Å². The van der Waals surface area contributed by atoms with Crippen LogP contribution < -0.4 is 10.1 Å². The zero-order valence-corrected chi connectivity index (χ0v) is 14.3. The Kier molecular flexibility index (Phi) is 5.32. The van der Waals surface area contributed by atoms with Crippen LogP contribution in [0.5, 0.6) is 5.75 Å². The summed E-state index contributed by atoms with van der Waals surface area (Å²) in [6.45, 7) is 11.2. The van der Waals surface area contributed by atoms with Crippen LogP contribution in [0, 0.1) is 18.8 Å². The minimum Gasteiger partial charge on any atom is -0.496 e. The summed E-state index contributed by atoms with van der Waals surface area (Å²) in [6.07, 6.45) is 3.95. The van der Waals surface area contributed by atoms with Crippen LogP contribution in [0.4, 0.5) is 0 Å². The van der Waals surface area contributed by atoms with Gasteiger partial charge < -0.3 is 10.1 Å². The minimum atomic E-state index is 0.274. The maximum atomic E-state index is 5.55. The first kappa shape index (κ1) is 16.4. The van der Waals surface area contributed by atoms with Gasteiger partial charge >= 0.3 is 0 Å². The Bertz CT molecular complexity index is 469. The average molecular weight is 289 g/mol. The molecular weight excluding hydrogens is 258 g/mol. The van der Waals surface area contributed by atoms with Gasteiger partial charge in [-0.05, 0) is 55.3 Å². The lowest BCUT2D eigenvalue weighted by atomic mass is 9.72. The number of nitrogens with one attached hydrogen (secondary N) is 1. The fraction of sp³-hybridized carbons (Fsp3) is 0.684. The van der Waals surface area contributed by atoms with E-state index in [1.54, 1.807) is 7.11 Å². The predicted molar refractivity (Wildman–Crippen MR) is 90.1 cm³/mol. The number of methoxy groups -OCH3 is 1. The Balaban J connectivity index is 2.27. The van der Waals surface area contributed by atoms with Crippen molar-refractivity contribution < 1.29 is 4.74 Å². The summed E-state index contributed by atoms with van der Waals surface area (Å²) in [5, 5.41) is 3.71. The van der Waals surface area contributed by atoms with E-state index >= 15 is 0 Å². The molecule has 0 aromatic heterocycles.